The minimum atomic E-state index is -0.194. The molecule has 1 aliphatic rings. The fourth-order valence-corrected chi connectivity index (χ4v) is 2.55. The second kappa shape index (κ2) is 5.60. The van der Waals surface area contributed by atoms with Gasteiger partial charge in [0.25, 0.3) is 5.91 Å². The zero-order valence-electron chi connectivity index (χ0n) is 12.1. The van der Waals surface area contributed by atoms with Crippen LogP contribution in [0.2, 0.25) is 0 Å². The molecule has 3 rings (SSSR count). The number of amides is 1. The Morgan fingerprint density at radius 3 is 2.71 bits per heavy atom. The third-order valence-electron chi connectivity index (χ3n) is 3.87. The number of nitrogens with two attached hydrogens (primary N) is 1. The molecule has 0 bridgehead atoms. The van der Waals surface area contributed by atoms with Crippen molar-refractivity contribution in [1.29, 1.82) is 0 Å². The zero-order valence-corrected chi connectivity index (χ0v) is 12.1. The number of benzene rings is 1. The summed E-state index contributed by atoms with van der Waals surface area (Å²) in [4.78, 5) is 12.4. The fourth-order valence-electron chi connectivity index (χ4n) is 2.55. The van der Waals surface area contributed by atoms with Crippen molar-refractivity contribution >= 4 is 11.6 Å². The zero-order chi connectivity index (χ0) is 14.8. The Morgan fingerprint density at radius 1 is 1.43 bits per heavy atom. The Kier molecular flexibility index (Phi) is 3.64. The molecule has 2 aromatic rings. The number of nitrogens with one attached hydrogen (secondary N) is 1. The average molecular weight is 284 g/mol. The molecule has 1 heterocycles. The predicted molar refractivity (Wildman–Crippen MR) is 81.7 cm³/mol. The molecule has 5 nitrogen and oxygen atoms in total. The molecule has 3 N–H and O–H groups in total. The third kappa shape index (κ3) is 2.91. The van der Waals surface area contributed by atoms with Crippen molar-refractivity contribution in [2.24, 2.45) is 5.92 Å². The van der Waals surface area contributed by atoms with Gasteiger partial charge >= 0.3 is 0 Å². The van der Waals surface area contributed by atoms with E-state index in [2.05, 4.69) is 22.5 Å². The van der Waals surface area contributed by atoms with Crippen molar-refractivity contribution in [1.82, 2.24) is 15.1 Å². The second-order valence-corrected chi connectivity index (χ2v) is 5.49. The van der Waals surface area contributed by atoms with Gasteiger partial charge in [-0.2, -0.15) is 5.10 Å². The maximum absolute atomic E-state index is 12.4. The summed E-state index contributed by atoms with van der Waals surface area (Å²) in [6.07, 6.45) is 4.00. The predicted octanol–water partition coefficient (Wildman–Crippen LogP) is 2.37. The van der Waals surface area contributed by atoms with Gasteiger partial charge in [0.15, 0.2) is 5.69 Å². The number of aromatic nitrogens is 2. The second-order valence-electron chi connectivity index (χ2n) is 5.49. The molecule has 1 amide bonds. The van der Waals surface area contributed by atoms with Gasteiger partial charge in [0.1, 0.15) is 0 Å². The molecule has 0 aliphatic heterocycles. The normalized spacial score (nSPS) is 15.7. The van der Waals surface area contributed by atoms with Crippen molar-refractivity contribution in [2.45, 2.75) is 32.4 Å². The minimum absolute atomic E-state index is 0.0462. The van der Waals surface area contributed by atoms with Gasteiger partial charge in [0.2, 0.25) is 0 Å². The van der Waals surface area contributed by atoms with Crippen molar-refractivity contribution in [3.63, 3.8) is 0 Å². The van der Waals surface area contributed by atoms with Crippen LogP contribution in [0.1, 0.15) is 41.9 Å². The van der Waals surface area contributed by atoms with Crippen LogP contribution in [0.25, 0.3) is 0 Å². The monoisotopic (exact) mass is 284 g/mol. The summed E-state index contributed by atoms with van der Waals surface area (Å²) in [5.41, 5.74) is 7.77. The largest absolute Gasteiger partial charge is 0.396 e. The molecular formula is C16H20N4O. The first-order chi connectivity index (χ1) is 10.2. The Labute approximate surface area is 124 Å². The van der Waals surface area contributed by atoms with E-state index in [0.29, 0.717) is 23.8 Å². The van der Waals surface area contributed by atoms with E-state index in [9.17, 15) is 4.79 Å². The lowest BCUT2D eigenvalue weighted by molar-refractivity contribution is 0.0926. The van der Waals surface area contributed by atoms with E-state index in [1.54, 1.807) is 10.9 Å². The Bertz CT molecular complexity index is 631. The fraction of sp³-hybridized carbons (Fsp3) is 0.375. The lowest BCUT2D eigenvalue weighted by Crippen LogP contribution is -2.30. The van der Waals surface area contributed by atoms with Crippen LogP contribution in [0, 0.1) is 5.92 Å². The van der Waals surface area contributed by atoms with Gasteiger partial charge in [-0.1, -0.05) is 30.3 Å². The van der Waals surface area contributed by atoms with Crippen LogP contribution in [0.3, 0.4) is 0 Å². The summed E-state index contributed by atoms with van der Waals surface area (Å²) in [6, 6.07) is 10.1. The van der Waals surface area contributed by atoms with E-state index in [-0.39, 0.29) is 11.9 Å². The van der Waals surface area contributed by atoms with Crippen LogP contribution in [0.5, 0.6) is 0 Å². The molecule has 1 aromatic heterocycles. The number of hydrogen-bond acceptors (Lipinski definition) is 3. The number of carbonyl (C=O) groups excluding carboxylic acids is 1. The molecule has 5 heteroatoms. The van der Waals surface area contributed by atoms with Gasteiger partial charge in [-0.3, -0.25) is 9.48 Å². The quantitative estimate of drug-likeness (QED) is 0.885. The number of carbonyl (C=O) groups is 1. The number of hydrogen-bond donors (Lipinski definition) is 2. The van der Waals surface area contributed by atoms with Crippen molar-refractivity contribution in [3.8, 4) is 0 Å². The molecule has 0 spiro atoms. The van der Waals surface area contributed by atoms with Crippen LogP contribution < -0.4 is 11.1 Å². The summed E-state index contributed by atoms with van der Waals surface area (Å²) in [7, 11) is 0. The highest BCUT2D eigenvalue weighted by molar-refractivity contribution is 5.97. The number of aryl methyl sites for hydroxylation is 1. The van der Waals surface area contributed by atoms with Gasteiger partial charge in [0.05, 0.1) is 11.7 Å². The number of nitrogens with zero attached hydrogens (tertiary/aromatic N) is 2. The van der Waals surface area contributed by atoms with E-state index >= 15 is 0 Å². The van der Waals surface area contributed by atoms with Crippen LogP contribution in [-0.2, 0) is 6.54 Å². The number of rotatable bonds is 5. The van der Waals surface area contributed by atoms with Crippen LogP contribution in [0.15, 0.2) is 36.5 Å². The highest BCUT2D eigenvalue weighted by atomic mass is 16.2. The summed E-state index contributed by atoms with van der Waals surface area (Å²) >= 11 is 0. The topological polar surface area (TPSA) is 72.9 Å². The van der Waals surface area contributed by atoms with Crippen LogP contribution in [-0.4, -0.2) is 15.7 Å². The summed E-state index contributed by atoms with van der Waals surface area (Å²) in [5.74, 6) is 0.325. The van der Waals surface area contributed by atoms with Gasteiger partial charge in [-0.15, -0.1) is 0 Å². The molecule has 0 saturated heterocycles. The highest BCUT2D eigenvalue weighted by Gasteiger charge is 2.34. The van der Waals surface area contributed by atoms with Crippen LogP contribution >= 0.6 is 0 Å². The Morgan fingerprint density at radius 2 is 2.14 bits per heavy atom. The Hall–Kier alpha value is -2.30. The summed E-state index contributed by atoms with van der Waals surface area (Å²) < 4.78 is 1.68. The van der Waals surface area contributed by atoms with E-state index in [4.69, 9.17) is 5.73 Å². The first-order valence-electron chi connectivity index (χ1n) is 7.37. The molecule has 110 valence electrons. The summed E-state index contributed by atoms with van der Waals surface area (Å²) in [5, 5.41) is 7.33. The molecule has 0 radical (unpaired) electrons. The summed E-state index contributed by atoms with van der Waals surface area (Å²) in [6.45, 7) is 2.66. The lowest BCUT2D eigenvalue weighted by Gasteiger charge is -2.18. The van der Waals surface area contributed by atoms with Crippen molar-refractivity contribution in [2.75, 3.05) is 5.73 Å². The smallest absolute Gasteiger partial charge is 0.274 e. The molecular weight excluding hydrogens is 264 g/mol. The molecule has 1 aliphatic carbocycles. The Balaban J connectivity index is 1.79. The number of nitrogen functional groups attached to an aromatic ring is 1. The first-order valence-corrected chi connectivity index (χ1v) is 7.37. The maximum Gasteiger partial charge on any atom is 0.274 e. The molecule has 1 fully saturated rings. The average Bonchev–Trinajstić information content (AvgIpc) is 3.27. The first kappa shape index (κ1) is 13.7. The van der Waals surface area contributed by atoms with E-state index in [1.807, 2.05) is 25.1 Å². The molecule has 21 heavy (non-hydrogen) atoms. The van der Waals surface area contributed by atoms with Crippen molar-refractivity contribution in [3.05, 3.63) is 47.8 Å². The highest BCUT2D eigenvalue weighted by Crippen LogP contribution is 2.41. The van der Waals surface area contributed by atoms with E-state index in [1.165, 1.54) is 0 Å². The molecule has 1 unspecified atom stereocenters. The van der Waals surface area contributed by atoms with Crippen molar-refractivity contribution < 1.29 is 4.79 Å². The van der Waals surface area contributed by atoms with Crippen LogP contribution in [0.4, 0.5) is 5.69 Å². The van der Waals surface area contributed by atoms with E-state index in [0.717, 1.165) is 18.4 Å². The van der Waals surface area contributed by atoms with E-state index < -0.39 is 0 Å². The van der Waals surface area contributed by atoms with Gasteiger partial charge < -0.3 is 11.1 Å². The molecule has 1 atom stereocenters. The van der Waals surface area contributed by atoms with Gasteiger partial charge in [-0.25, -0.2) is 0 Å². The molecule has 1 saturated carbocycles. The SMILES string of the molecule is CCn1cc(N)c(C(=O)NC(c2ccccc2)C2CC2)n1. The van der Waals surface area contributed by atoms with Gasteiger partial charge in [-0.05, 0) is 31.2 Å². The third-order valence-corrected chi connectivity index (χ3v) is 3.87. The maximum atomic E-state index is 12.4. The lowest BCUT2D eigenvalue weighted by atomic mass is 10.0. The minimum Gasteiger partial charge on any atom is -0.396 e. The number of anilines is 1. The van der Waals surface area contributed by atoms with Gasteiger partial charge in [0, 0.05) is 12.7 Å². The standard InChI is InChI=1S/C16H20N4O/c1-2-20-10-13(17)15(19-20)16(21)18-14(12-8-9-12)11-6-4-3-5-7-11/h3-7,10,12,14H,2,8-9,17H2,1H3,(H,18,21). The molecule has 1 aromatic carbocycles.